The summed E-state index contributed by atoms with van der Waals surface area (Å²) in [7, 11) is 3.07. The van der Waals surface area contributed by atoms with Crippen LogP contribution in [0.25, 0.3) is 5.76 Å². The van der Waals surface area contributed by atoms with Crippen molar-refractivity contribution in [1.29, 1.82) is 0 Å². The van der Waals surface area contributed by atoms with Crippen molar-refractivity contribution in [3.63, 3.8) is 0 Å². The van der Waals surface area contributed by atoms with Crippen LogP contribution in [0.2, 0.25) is 0 Å². The van der Waals surface area contributed by atoms with Gasteiger partial charge in [-0.25, -0.2) is 0 Å². The first-order valence-corrected chi connectivity index (χ1v) is 14.6. The number of methoxy groups -OCH3 is 2. The number of amides is 1. The molecule has 42 heavy (non-hydrogen) atoms. The van der Waals surface area contributed by atoms with Gasteiger partial charge in [-0.2, -0.15) is 0 Å². The van der Waals surface area contributed by atoms with Crippen molar-refractivity contribution in [3.05, 3.63) is 52.6 Å². The maximum Gasteiger partial charge on any atom is 0.303 e. The highest BCUT2D eigenvalue weighted by molar-refractivity contribution is 6.31. The topological polar surface area (TPSA) is 129 Å². The van der Waals surface area contributed by atoms with Gasteiger partial charge in [-0.3, -0.25) is 14.5 Å². The summed E-state index contributed by atoms with van der Waals surface area (Å²) < 4.78 is 17.9. The van der Waals surface area contributed by atoms with Crippen molar-refractivity contribution < 1.29 is 39.1 Å². The largest absolute Gasteiger partial charge is 0.493 e. The smallest absolute Gasteiger partial charge is 0.303 e. The molecule has 10 nitrogen and oxygen atoms in total. The van der Waals surface area contributed by atoms with Crippen LogP contribution >= 0.6 is 11.6 Å². The van der Waals surface area contributed by atoms with E-state index in [0.29, 0.717) is 65.9 Å². The fraction of sp³-hybridized carbons (Fsp3) is 0.548. The summed E-state index contributed by atoms with van der Waals surface area (Å²) in [5.41, 5.74) is 0.672. The molecule has 3 atom stereocenters. The third-order valence-corrected chi connectivity index (χ3v) is 8.34. The third-order valence-electron chi connectivity index (χ3n) is 8.10. The highest BCUT2D eigenvalue weighted by atomic mass is 35.5. The number of piperidine rings is 1. The van der Waals surface area contributed by atoms with Gasteiger partial charge in [0.1, 0.15) is 18.1 Å². The Morgan fingerprint density at radius 3 is 2.48 bits per heavy atom. The molecule has 1 aromatic carbocycles. The van der Waals surface area contributed by atoms with Gasteiger partial charge in [0.05, 0.1) is 32.2 Å². The average molecular weight is 605 g/mol. The number of carbonyl (C=O) groups excluding carboxylic acids is 1. The van der Waals surface area contributed by atoms with Crippen molar-refractivity contribution >= 4 is 29.2 Å². The molecular weight excluding hydrogens is 564 g/mol. The Hall–Kier alpha value is -3.05. The number of para-hydroxylation sites is 1. The maximum atomic E-state index is 13.6. The lowest BCUT2D eigenvalue weighted by Gasteiger charge is -2.40. The molecule has 1 amide bonds. The molecule has 230 valence electrons. The highest BCUT2D eigenvalue weighted by Crippen LogP contribution is 2.43. The highest BCUT2D eigenvalue weighted by Gasteiger charge is 2.43. The Bertz CT molecular complexity index is 1250. The normalized spacial score (nSPS) is 23.5. The van der Waals surface area contributed by atoms with Gasteiger partial charge < -0.3 is 34.4 Å². The number of nitrogens with zero attached hydrogens (tertiary/aromatic N) is 2. The van der Waals surface area contributed by atoms with E-state index in [1.165, 1.54) is 7.11 Å². The van der Waals surface area contributed by atoms with Crippen LogP contribution in [0.15, 0.2) is 47.0 Å². The van der Waals surface area contributed by atoms with Gasteiger partial charge >= 0.3 is 5.97 Å². The summed E-state index contributed by atoms with van der Waals surface area (Å²) in [5, 5.41) is 31.6. The minimum absolute atomic E-state index is 0.0331. The lowest BCUT2D eigenvalue weighted by molar-refractivity contribution is -0.142. The standard InChI is InChI=1S/C31H41ClN2O8/c1-31(2,18-35)17-34-23-9-8-20(32)15-22(23)28(21-6-5-7-24(40-3)29(21)41-4)42-25(30(34)39)16-26(36)33-12-10-19(11-13-33)14-27(37)38/h5-9,15,19,23,25,30,35,39H,10-14,16-18H2,1-4H3,(H,37,38)/t23-,25-,30-/m0/s1. The van der Waals surface area contributed by atoms with Gasteiger partial charge in [0.15, 0.2) is 11.5 Å². The number of aliphatic hydroxyl groups is 2. The number of hydrogen-bond acceptors (Lipinski definition) is 8. The molecule has 2 aliphatic heterocycles. The molecule has 1 aliphatic carbocycles. The van der Waals surface area contributed by atoms with Crippen molar-refractivity contribution in [2.45, 2.75) is 57.9 Å². The molecule has 1 saturated heterocycles. The zero-order valence-corrected chi connectivity index (χ0v) is 25.3. The zero-order chi connectivity index (χ0) is 30.6. The lowest BCUT2D eigenvalue weighted by atomic mass is 9.90. The van der Waals surface area contributed by atoms with Gasteiger partial charge in [-0.1, -0.05) is 37.6 Å². The first kappa shape index (κ1) is 31.9. The van der Waals surface area contributed by atoms with Crippen LogP contribution in [0, 0.1) is 11.3 Å². The van der Waals surface area contributed by atoms with E-state index in [1.54, 1.807) is 30.2 Å². The molecule has 0 unspecified atom stereocenters. The molecule has 0 aromatic heterocycles. The Balaban J connectivity index is 1.75. The van der Waals surface area contributed by atoms with Crippen molar-refractivity contribution in [2.75, 3.05) is 40.5 Å². The van der Waals surface area contributed by atoms with E-state index in [2.05, 4.69) is 0 Å². The monoisotopic (exact) mass is 604 g/mol. The van der Waals surface area contributed by atoms with E-state index in [0.717, 1.165) is 0 Å². The number of halogens is 1. The van der Waals surface area contributed by atoms with E-state index in [1.807, 2.05) is 37.0 Å². The molecule has 3 N–H and O–H groups in total. The summed E-state index contributed by atoms with van der Waals surface area (Å²) in [6, 6.07) is 4.92. The van der Waals surface area contributed by atoms with Crippen molar-refractivity contribution in [3.8, 4) is 11.5 Å². The number of benzene rings is 1. The lowest BCUT2D eigenvalue weighted by Crippen LogP contribution is -2.53. The molecule has 2 heterocycles. The van der Waals surface area contributed by atoms with Crippen LogP contribution in [0.1, 0.15) is 45.1 Å². The number of rotatable bonds is 10. The molecule has 0 saturated carbocycles. The molecular formula is C31H41ClN2O8. The van der Waals surface area contributed by atoms with Crippen LogP contribution in [0.5, 0.6) is 11.5 Å². The summed E-state index contributed by atoms with van der Waals surface area (Å²) >= 11 is 6.49. The molecule has 0 bridgehead atoms. The fourth-order valence-electron chi connectivity index (χ4n) is 5.82. The Kier molecular flexibility index (Phi) is 10.2. The number of aliphatic hydroxyl groups excluding tert-OH is 2. The van der Waals surface area contributed by atoms with Crippen LogP contribution in [0.3, 0.4) is 0 Å². The predicted molar refractivity (Wildman–Crippen MR) is 158 cm³/mol. The van der Waals surface area contributed by atoms with Gasteiger partial charge in [0, 0.05) is 48.7 Å². The number of allylic oxidation sites excluding steroid dienone is 2. The summed E-state index contributed by atoms with van der Waals surface area (Å²) in [4.78, 5) is 28.3. The number of ether oxygens (including phenoxy) is 3. The Labute approximate surface area is 251 Å². The van der Waals surface area contributed by atoms with Crippen molar-refractivity contribution in [2.24, 2.45) is 11.3 Å². The number of aliphatic carboxylic acids is 1. The van der Waals surface area contributed by atoms with E-state index >= 15 is 0 Å². The molecule has 3 aliphatic rings. The molecule has 0 spiro atoms. The molecule has 0 radical (unpaired) electrons. The Morgan fingerprint density at radius 1 is 1.14 bits per heavy atom. The predicted octanol–water partition coefficient (Wildman–Crippen LogP) is 3.62. The molecule has 1 fully saturated rings. The van der Waals surface area contributed by atoms with Crippen LogP contribution in [0.4, 0.5) is 0 Å². The van der Waals surface area contributed by atoms with Crippen LogP contribution < -0.4 is 9.47 Å². The maximum absolute atomic E-state index is 13.6. The van der Waals surface area contributed by atoms with E-state index < -0.39 is 29.8 Å². The van der Waals surface area contributed by atoms with Gasteiger partial charge in [-0.05, 0) is 43.0 Å². The SMILES string of the molecule is COc1cccc(C2=C3C=C(Cl)C=C[C@@H]3N(CC(C)(C)CO)[C@@H](O)[C@H](CC(=O)N3CCC(CC(=O)O)CC3)O2)c1OC. The second-order valence-electron chi connectivity index (χ2n) is 11.8. The minimum Gasteiger partial charge on any atom is -0.493 e. The number of hydrogen-bond donors (Lipinski definition) is 3. The minimum atomic E-state index is -1.21. The summed E-state index contributed by atoms with van der Waals surface area (Å²) in [6.45, 7) is 4.88. The fourth-order valence-corrected chi connectivity index (χ4v) is 6.01. The first-order valence-electron chi connectivity index (χ1n) is 14.2. The zero-order valence-electron chi connectivity index (χ0n) is 24.6. The van der Waals surface area contributed by atoms with Crippen LogP contribution in [-0.4, -0.2) is 95.8 Å². The van der Waals surface area contributed by atoms with Gasteiger partial charge in [-0.15, -0.1) is 0 Å². The van der Waals surface area contributed by atoms with Gasteiger partial charge in [0.25, 0.3) is 0 Å². The summed E-state index contributed by atoms with van der Waals surface area (Å²) in [6.07, 6.45) is 4.41. The number of carbonyl (C=O) groups is 2. The number of fused-ring (bicyclic) bond motifs is 1. The molecule has 11 heteroatoms. The quantitative estimate of drug-likeness (QED) is 0.367. The first-order chi connectivity index (χ1) is 20.0. The molecule has 1 aromatic rings. The Morgan fingerprint density at radius 2 is 1.86 bits per heavy atom. The third kappa shape index (κ3) is 7.11. The van der Waals surface area contributed by atoms with E-state index in [9.17, 15) is 19.8 Å². The number of carboxylic acids is 1. The van der Waals surface area contributed by atoms with Gasteiger partial charge in [0.2, 0.25) is 5.91 Å². The van der Waals surface area contributed by atoms with E-state index in [-0.39, 0.29) is 31.3 Å². The average Bonchev–Trinajstić information content (AvgIpc) is 3.06. The van der Waals surface area contributed by atoms with Crippen LogP contribution in [-0.2, 0) is 14.3 Å². The van der Waals surface area contributed by atoms with Crippen molar-refractivity contribution in [1.82, 2.24) is 9.80 Å². The second kappa shape index (κ2) is 13.5. The summed E-state index contributed by atoms with van der Waals surface area (Å²) in [5.74, 6) is 0.337. The number of likely N-dealkylation sites (tertiary alicyclic amines) is 1. The van der Waals surface area contributed by atoms with E-state index in [4.69, 9.17) is 30.9 Å². The number of carboxylic acid groups (broad SMARTS) is 1. The second-order valence-corrected chi connectivity index (χ2v) is 12.3. The molecule has 4 rings (SSSR count).